The first-order valence-electron chi connectivity index (χ1n) is 16.3. The van der Waals surface area contributed by atoms with Gasteiger partial charge in [0.2, 0.25) is 0 Å². The minimum Gasteiger partial charge on any atom is -0.458 e. The van der Waals surface area contributed by atoms with Crippen LogP contribution in [0.5, 0.6) is 0 Å². The highest BCUT2D eigenvalue weighted by Gasteiger charge is 2.27. The van der Waals surface area contributed by atoms with Crippen molar-refractivity contribution in [2.45, 2.75) is 89.2 Å². The Morgan fingerprint density at radius 2 is 1.76 bits per heavy atom. The molecule has 1 aliphatic carbocycles. The third-order valence-corrected chi connectivity index (χ3v) is 9.52. The molecule has 1 aliphatic heterocycles. The summed E-state index contributed by atoms with van der Waals surface area (Å²) >= 11 is 8.31. The number of carbonyl (C=O) groups excluding carboxylic acids is 1. The van der Waals surface area contributed by atoms with Crippen LogP contribution < -0.4 is 0 Å². The Hall–Kier alpha value is -2.36. The van der Waals surface area contributed by atoms with Crippen LogP contribution >= 0.6 is 23.4 Å². The van der Waals surface area contributed by atoms with Crippen molar-refractivity contribution in [1.29, 1.82) is 0 Å². The fourth-order valence-electron chi connectivity index (χ4n) is 6.08. The molecular weight excluding hydrogens is 608 g/mol. The van der Waals surface area contributed by atoms with Gasteiger partial charge in [0.05, 0.1) is 13.2 Å². The molecule has 2 aliphatic rings. The summed E-state index contributed by atoms with van der Waals surface area (Å²) in [5.41, 5.74) is 3.75. The Labute approximate surface area is 277 Å². The molecule has 2 fully saturated rings. The molecule has 7 nitrogen and oxygen atoms in total. The molecular formula is C36H47ClN2O5S. The third-order valence-electron chi connectivity index (χ3n) is 8.22. The number of thioether (sulfide) groups is 1. The molecule has 3 aromatic rings. The van der Waals surface area contributed by atoms with E-state index >= 15 is 0 Å². The Kier molecular flexibility index (Phi) is 12.4. The monoisotopic (exact) mass is 654 g/mol. The summed E-state index contributed by atoms with van der Waals surface area (Å²) in [6, 6.07) is 18.5. The van der Waals surface area contributed by atoms with Crippen LogP contribution in [0.2, 0.25) is 5.02 Å². The normalized spacial score (nSPS) is 20.7. The predicted octanol–water partition coefficient (Wildman–Crippen LogP) is 8.67. The van der Waals surface area contributed by atoms with Gasteiger partial charge in [-0.15, -0.1) is 11.8 Å². The lowest BCUT2D eigenvalue weighted by Gasteiger charge is -2.29. The highest BCUT2D eigenvalue weighted by molar-refractivity contribution is 7.99. The van der Waals surface area contributed by atoms with Crippen LogP contribution in [0.3, 0.4) is 0 Å². The first-order valence-corrected chi connectivity index (χ1v) is 17.7. The van der Waals surface area contributed by atoms with Crippen LogP contribution in [0.4, 0.5) is 0 Å². The van der Waals surface area contributed by atoms with E-state index in [9.17, 15) is 4.79 Å². The second-order valence-electron chi connectivity index (χ2n) is 13.1. The molecule has 0 spiro atoms. The summed E-state index contributed by atoms with van der Waals surface area (Å²) in [7, 11) is 0. The van der Waals surface area contributed by atoms with Crippen LogP contribution in [-0.2, 0) is 30.3 Å². The van der Waals surface area contributed by atoms with Crippen molar-refractivity contribution in [1.82, 2.24) is 9.78 Å². The number of benzene rings is 2. The largest absolute Gasteiger partial charge is 0.458 e. The minimum atomic E-state index is -0.494. The molecule has 1 unspecified atom stereocenters. The number of carbonyl (C=O) groups is 1. The summed E-state index contributed by atoms with van der Waals surface area (Å²) in [6.45, 7) is 8.46. The summed E-state index contributed by atoms with van der Waals surface area (Å²) < 4.78 is 25.2. The highest BCUT2D eigenvalue weighted by atomic mass is 35.5. The quantitative estimate of drug-likeness (QED) is 0.104. The maximum atomic E-state index is 12.0. The van der Waals surface area contributed by atoms with Gasteiger partial charge in [-0.05, 0) is 95.2 Å². The number of hydrogen-bond acceptors (Lipinski definition) is 7. The van der Waals surface area contributed by atoms with Gasteiger partial charge in [0, 0.05) is 35.1 Å². The summed E-state index contributed by atoms with van der Waals surface area (Å²) in [6.07, 6.45) is 7.47. The number of hydrogen-bond donors (Lipinski definition) is 0. The molecule has 0 bridgehead atoms. The van der Waals surface area contributed by atoms with Crippen LogP contribution in [0.15, 0.2) is 59.6 Å². The van der Waals surface area contributed by atoms with Crippen molar-refractivity contribution in [3.8, 4) is 22.4 Å². The van der Waals surface area contributed by atoms with Crippen LogP contribution in [0, 0.1) is 11.8 Å². The van der Waals surface area contributed by atoms with Crippen LogP contribution in [-0.4, -0.2) is 59.8 Å². The topological polar surface area (TPSA) is 71.8 Å². The SMILES string of the molecule is CC(C)(C)OC(=O)COCC1CCC(Cn2nc(-c3ccccc3)c(-c3cccc(Cl)c3)c2SCCOC2CCCCO2)CC1. The van der Waals surface area contributed by atoms with Crippen molar-refractivity contribution in [2.24, 2.45) is 11.8 Å². The van der Waals surface area contributed by atoms with E-state index in [4.69, 9.17) is 35.6 Å². The third kappa shape index (κ3) is 10.3. The molecule has 0 amide bonds. The summed E-state index contributed by atoms with van der Waals surface area (Å²) in [4.78, 5) is 12.0. The predicted molar refractivity (Wildman–Crippen MR) is 180 cm³/mol. The van der Waals surface area contributed by atoms with Gasteiger partial charge in [0.25, 0.3) is 0 Å². The fraction of sp³-hybridized carbons (Fsp3) is 0.556. The number of halogens is 1. The second kappa shape index (κ2) is 16.5. The number of esters is 1. The zero-order valence-electron chi connectivity index (χ0n) is 26.8. The van der Waals surface area contributed by atoms with E-state index in [0.717, 1.165) is 91.3 Å². The van der Waals surface area contributed by atoms with Gasteiger partial charge < -0.3 is 18.9 Å². The van der Waals surface area contributed by atoms with E-state index in [1.54, 1.807) is 11.8 Å². The minimum absolute atomic E-state index is 0.0101. The molecule has 1 saturated heterocycles. The van der Waals surface area contributed by atoms with Gasteiger partial charge in [-0.2, -0.15) is 5.10 Å². The Balaban J connectivity index is 1.29. The Morgan fingerprint density at radius 3 is 2.47 bits per heavy atom. The first-order chi connectivity index (χ1) is 21.7. The second-order valence-corrected chi connectivity index (χ2v) is 14.6. The first kappa shape index (κ1) is 34.0. The molecule has 1 aromatic heterocycles. The van der Waals surface area contributed by atoms with Gasteiger partial charge in [0.15, 0.2) is 6.29 Å². The molecule has 244 valence electrons. The maximum absolute atomic E-state index is 12.0. The zero-order chi connectivity index (χ0) is 31.6. The van der Waals surface area contributed by atoms with E-state index in [0.29, 0.717) is 30.1 Å². The zero-order valence-corrected chi connectivity index (χ0v) is 28.4. The standard InChI is InChI=1S/C36H47ClN2O5S/c1-36(2,3)44-31(40)25-41-24-27-17-15-26(16-18-27)23-39-35(45-21-20-43-32-14-7-8-19-42-32)33(29-12-9-13-30(37)22-29)34(38-39)28-10-5-4-6-11-28/h4-6,9-13,22,26-27,32H,7-8,14-21,23-25H2,1-3H3. The van der Waals surface area contributed by atoms with Crippen molar-refractivity contribution in [2.75, 3.05) is 32.2 Å². The van der Waals surface area contributed by atoms with Crippen LogP contribution in [0.25, 0.3) is 22.4 Å². The molecule has 1 saturated carbocycles. The lowest BCUT2D eigenvalue weighted by molar-refractivity contribution is -0.160. The smallest absolute Gasteiger partial charge is 0.332 e. The number of ether oxygens (including phenoxy) is 4. The van der Waals surface area contributed by atoms with E-state index in [1.807, 2.05) is 45.0 Å². The average Bonchev–Trinajstić information content (AvgIpc) is 3.38. The van der Waals surface area contributed by atoms with Gasteiger partial charge in [0.1, 0.15) is 22.9 Å². The van der Waals surface area contributed by atoms with E-state index in [-0.39, 0.29) is 18.9 Å². The van der Waals surface area contributed by atoms with Gasteiger partial charge in [-0.25, -0.2) is 4.79 Å². The molecule has 5 rings (SSSR count). The molecule has 0 radical (unpaired) electrons. The molecule has 2 heterocycles. The lowest BCUT2D eigenvalue weighted by atomic mass is 9.82. The molecule has 0 N–H and O–H groups in total. The number of aromatic nitrogens is 2. The van der Waals surface area contributed by atoms with Crippen molar-refractivity contribution >= 4 is 29.3 Å². The number of rotatable bonds is 13. The van der Waals surface area contributed by atoms with Gasteiger partial charge in [-0.3, -0.25) is 4.68 Å². The van der Waals surface area contributed by atoms with Gasteiger partial charge in [-0.1, -0.05) is 54.1 Å². The van der Waals surface area contributed by atoms with E-state index in [1.165, 1.54) is 0 Å². The van der Waals surface area contributed by atoms with E-state index < -0.39 is 5.60 Å². The Morgan fingerprint density at radius 1 is 1.00 bits per heavy atom. The van der Waals surface area contributed by atoms with Gasteiger partial charge >= 0.3 is 5.97 Å². The summed E-state index contributed by atoms with van der Waals surface area (Å²) in [5.74, 6) is 1.46. The average molecular weight is 655 g/mol. The lowest BCUT2D eigenvalue weighted by Crippen LogP contribution is -2.28. The van der Waals surface area contributed by atoms with Crippen LogP contribution in [0.1, 0.15) is 65.7 Å². The van der Waals surface area contributed by atoms with Crippen molar-refractivity contribution in [3.05, 3.63) is 59.6 Å². The Bertz CT molecular complexity index is 1360. The fourth-order valence-corrected chi connectivity index (χ4v) is 7.27. The van der Waals surface area contributed by atoms with Crippen molar-refractivity contribution in [3.63, 3.8) is 0 Å². The molecule has 9 heteroatoms. The van der Waals surface area contributed by atoms with Crippen molar-refractivity contribution < 1.29 is 23.7 Å². The molecule has 1 atom stereocenters. The molecule has 2 aromatic carbocycles. The highest BCUT2D eigenvalue weighted by Crippen LogP contribution is 2.41. The summed E-state index contributed by atoms with van der Waals surface area (Å²) in [5, 5.41) is 7.13. The number of nitrogens with zero attached hydrogens (tertiary/aromatic N) is 2. The maximum Gasteiger partial charge on any atom is 0.332 e. The van der Waals surface area contributed by atoms with E-state index in [2.05, 4.69) is 35.0 Å². The molecule has 45 heavy (non-hydrogen) atoms.